The molecule has 0 bridgehead atoms. The molecule has 0 radical (unpaired) electrons. The minimum absolute atomic E-state index is 0.533. The Labute approximate surface area is 98.6 Å². The summed E-state index contributed by atoms with van der Waals surface area (Å²) in [6.45, 7) is 6.30. The zero-order valence-corrected chi connectivity index (χ0v) is 10.3. The quantitative estimate of drug-likeness (QED) is 0.872. The molecule has 6 heteroatoms. The van der Waals surface area contributed by atoms with Crippen molar-refractivity contribution in [2.45, 2.75) is 25.9 Å². The Morgan fingerprint density at radius 2 is 2.47 bits per heavy atom. The lowest BCUT2D eigenvalue weighted by molar-refractivity contribution is 0.209. The normalized spacial score (nSPS) is 21.4. The number of aromatic nitrogens is 2. The summed E-state index contributed by atoms with van der Waals surface area (Å²) in [5.74, 6) is 0. The number of nitrogens with zero attached hydrogens (tertiary/aromatic N) is 3. The van der Waals surface area contributed by atoms with Gasteiger partial charge in [0.05, 0.1) is 6.54 Å². The molecular weight excluding hydrogens is 232 g/mol. The van der Waals surface area contributed by atoms with Crippen LogP contribution in [0.1, 0.15) is 18.4 Å². The van der Waals surface area contributed by atoms with E-state index < -0.39 is 0 Å². The molecule has 2 rings (SSSR count). The topological polar surface area (TPSA) is 41.1 Å². The first kappa shape index (κ1) is 11.3. The third-order valence-electron chi connectivity index (χ3n) is 2.74. The van der Waals surface area contributed by atoms with Gasteiger partial charge in [-0.1, -0.05) is 18.3 Å². The van der Waals surface area contributed by atoms with E-state index in [2.05, 4.69) is 27.3 Å². The maximum atomic E-state index is 5.76. The van der Waals surface area contributed by atoms with Crippen LogP contribution in [-0.4, -0.2) is 40.8 Å². The summed E-state index contributed by atoms with van der Waals surface area (Å²) in [7, 11) is 0. The van der Waals surface area contributed by atoms with Crippen molar-refractivity contribution in [2.75, 3.05) is 19.6 Å². The molecule has 1 aromatic rings. The highest BCUT2D eigenvalue weighted by molar-refractivity contribution is 7.15. The first-order chi connectivity index (χ1) is 7.29. The van der Waals surface area contributed by atoms with Gasteiger partial charge in [0.2, 0.25) is 4.47 Å². The molecule has 1 aliphatic heterocycles. The Kier molecular flexibility index (Phi) is 3.91. The van der Waals surface area contributed by atoms with Crippen LogP contribution in [0.2, 0.25) is 4.47 Å². The summed E-state index contributed by atoms with van der Waals surface area (Å²) < 4.78 is 0.533. The summed E-state index contributed by atoms with van der Waals surface area (Å²) in [6.07, 6.45) is 1.22. The summed E-state index contributed by atoms with van der Waals surface area (Å²) >= 11 is 7.23. The van der Waals surface area contributed by atoms with Crippen LogP contribution < -0.4 is 5.32 Å². The van der Waals surface area contributed by atoms with Crippen LogP contribution in [0.4, 0.5) is 0 Å². The number of halogens is 1. The van der Waals surface area contributed by atoms with Gasteiger partial charge < -0.3 is 5.32 Å². The lowest BCUT2D eigenvalue weighted by atomic mass is 10.2. The van der Waals surface area contributed by atoms with Crippen molar-refractivity contribution in [1.82, 2.24) is 20.4 Å². The molecule has 1 fully saturated rings. The number of rotatable bonds is 4. The molecule has 1 aromatic heterocycles. The highest BCUT2D eigenvalue weighted by Crippen LogP contribution is 2.18. The van der Waals surface area contributed by atoms with Crippen LogP contribution >= 0.6 is 22.9 Å². The van der Waals surface area contributed by atoms with E-state index in [0.717, 1.165) is 31.2 Å². The second-order valence-corrected chi connectivity index (χ2v) is 5.30. The van der Waals surface area contributed by atoms with Crippen molar-refractivity contribution in [2.24, 2.45) is 0 Å². The van der Waals surface area contributed by atoms with Gasteiger partial charge in [0.15, 0.2) is 0 Å². The Hall–Kier alpha value is -0.230. The van der Waals surface area contributed by atoms with Crippen LogP contribution in [0.5, 0.6) is 0 Å². The molecule has 15 heavy (non-hydrogen) atoms. The van der Waals surface area contributed by atoms with Crippen molar-refractivity contribution in [3.63, 3.8) is 0 Å². The molecule has 1 atom stereocenters. The first-order valence-corrected chi connectivity index (χ1v) is 6.41. The third kappa shape index (κ3) is 2.87. The highest BCUT2D eigenvalue weighted by atomic mass is 35.5. The first-order valence-electron chi connectivity index (χ1n) is 5.22. The molecule has 0 aromatic carbocycles. The monoisotopic (exact) mass is 246 g/mol. The van der Waals surface area contributed by atoms with Gasteiger partial charge in [0, 0.05) is 12.6 Å². The molecule has 0 aliphatic carbocycles. The van der Waals surface area contributed by atoms with Gasteiger partial charge in [-0.05, 0) is 31.1 Å². The third-order valence-corrected chi connectivity index (χ3v) is 3.74. The molecule has 1 aliphatic rings. The number of nitrogens with one attached hydrogen (secondary N) is 1. The van der Waals surface area contributed by atoms with Gasteiger partial charge in [0.1, 0.15) is 5.01 Å². The van der Waals surface area contributed by atoms with Crippen molar-refractivity contribution < 1.29 is 0 Å². The molecule has 0 saturated carbocycles. The van der Waals surface area contributed by atoms with E-state index in [0.29, 0.717) is 10.5 Å². The van der Waals surface area contributed by atoms with Gasteiger partial charge in [0.25, 0.3) is 0 Å². The molecule has 1 N–H and O–H groups in total. The van der Waals surface area contributed by atoms with Gasteiger partial charge in [-0.15, -0.1) is 10.2 Å². The minimum Gasteiger partial charge on any atom is -0.315 e. The van der Waals surface area contributed by atoms with Crippen LogP contribution in [-0.2, 0) is 6.54 Å². The largest absolute Gasteiger partial charge is 0.315 e. The second kappa shape index (κ2) is 5.21. The summed E-state index contributed by atoms with van der Waals surface area (Å²) in [4.78, 5) is 2.43. The van der Waals surface area contributed by atoms with Crippen molar-refractivity contribution >= 4 is 22.9 Å². The summed E-state index contributed by atoms with van der Waals surface area (Å²) in [6, 6.07) is 0.637. The minimum atomic E-state index is 0.533. The fraction of sp³-hybridized carbons (Fsp3) is 0.778. The molecular formula is C9H15ClN4S. The van der Waals surface area contributed by atoms with Crippen LogP contribution in [0, 0.1) is 0 Å². The van der Waals surface area contributed by atoms with Crippen molar-refractivity contribution in [3.8, 4) is 0 Å². The molecule has 1 unspecified atom stereocenters. The highest BCUT2D eigenvalue weighted by Gasteiger charge is 2.21. The average Bonchev–Trinajstić information content (AvgIpc) is 2.85. The predicted octanol–water partition coefficient (Wildman–Crippen LogP) is 1.38. The Morgan fingerprint density at radius 3 is 3.00 bits per heavy atom. The van der Waals surface area contributed by atoms with Crippen LogP contribution in [0.15, 0.2) is 0 Å². The Bertz CT molecular complexity index is 311. The molecule has 2 heterocycles. The number of hydrogen-bond acceptors (Lipinski definition) is 5. The lowest BCUT2D eigenvalue weighted by Crippen LogP contribution is -2.36. The van der Waals surface area contributed by atoms with E-state index in [-0.39, 0.29) is 0 Å². The van der Waals surface area contributed by atoms with Crippen molar-refractivity contribution in [3.05, 3.63) is 9.47 Å². The zero-order chi connectivity index (χ0) is 10.7. The maximum absolute atomic E-state index is 5.76. The fourth-order valence-electron chi connectivity index (χ4n) is 1.92. The van der Waals surface area contributed by atoms with E-state index in [1.54, 1.807) is 0 Å². The molecule has 0 spiro atoms. The SMILES string of the molecule is CCN(Cc1nnc(Cl)s1)C1CCNC1. The number of hydrogen-bond donors (Lipinski definition) is 1. The number of likely N-dealkylation sites (N-methyl/N-ethyl adjacent to an activating group) is 1. The molecule has 1 saturated heterocycles. The van der Waals surface area contributed by atoms with Gasteiger partial charge in [-0.25, -0.2) is 0 Å². The van der Waals surface area contributed by atoms with E-state index in [9.17, 15) is 0 Å². The van der Waals surface area contributed by atoms with E-state index in [1.165, 1.54) is 17.8 Å². The van der Waals surface area contributed by atoms with Gasteiger partial charge in [-0.2, -0.15) is 0 Å². The summed E-state index contributed by atoms with van der Waals surface area (Å²) in [5.41, 5.74) is 0. The molecule has 0 amide bonds. The lowest BCUT2D eigenvalue weighted by Gasteiger charge is -2.25. The van der Waals surface area contributed by atoms with Crippen LogP contribution in [0.3, 0.4) is 0 Å². The van der Waals surface area contributed by atoms with Gasteiger partial charge in [-0.3, -0.25) is 4.90 Å². The van der Waals surface area contributed by atoms with E-state index in [1.807, 2.05) is 0 Å². The van der Waals surface area contributed by atoms with Crippen molar-refractivity contribution in [1.29, 1.82) is 0 Å². The fourth-order valence-corrected chi connectivity index (χ4v) is 2.81. The standard InChI is InChI=1S/C9H15ClN4S/c1-2-14(7-3-4-11-5-7)6-8-12-13-9(10)15-8/h7,11H,2-6H2,1H3. The molecule has 84 valence electrons. The van der Waals surface area contributed by atoms with Gasteiger partial charge >= 0.3 is 0 Å². The van der Waals surface area contributed by atoms with E-state index in [4.69, 9.17) is 11.6 Å². The van der Waals surface area contributed by atoms with Crippen LogP contribution in [0.25, 0.3) is 0 Å². The Morgan fingerprint density at radius 1 is 1.60 bits per heavy atom. The maximum Gasteiger partial charge on any atom is 0.207 e. The molecule has 4 nitrogen and oxygen atoms in total. The summed E-state index contributed by atoms with van der Waals surface area (Å²) in [5, 5.41) is 12.3. The Balaban J connectivity index is 1.95. The smallest absolute Gasteiger partial charge is 0.207 e. The predicted molar refractivity (Wildman–Crippen MR) is 62.3 cm³/mol. The average molecular weight is 247 g/mol. The zero-order valence-electron chi connectivity index (χ0n) is 8.74. The van der Waals surface area contributed by atoms with E-state index >= 15 is 0 Å². The second-order valence-electron chi connectivity index (χ2n) is 3.66.